The maximum atomic E-state index is 8.99. The smallest absolute Gasteiger partial charge is 0.0992 e. The predicted molar refractivity (Wildman–Crippen MR) is 74.4 cm³/mol. The molecule has 1 fully saturated rings. The molecule has 0 aliphatic carbocycles. The summed E-state index contributed by atoms with van der Waals surface area (Å²) in [5, 5.41) is 8.99. The Morgan fingerprint density at radius 3 is 2.94 bits per heavy atom. The molecule has 1 unspecified atom stereocenters. The van der Waals surface area contributed by atoms with E-state index in [0.717, 1.165) is 30.8 Å². The van der Waals surface area contributed by atoms with Crippen molar-refractivity contribution in [2.45, 2.75) is 32.2 Å². The molecule has 1 heterocycles. The van der Waals surface area contributed by atoms with Crippen LogP contribution in [0.1, 0.15) is 32.3 Å². The third-order valence-electron chi connectivity index (χ3n) is 4.20. The number of nitrogens with zero attached hydrogens (tertiary/aromatic N) is 2. The Morgan fingerprint density at radius 1 is 1.50 bits per heavy atom. The third-order valence-corrected chi connectivity index (χ3v) is 4.20. The molecule has 1 aromatic rings. The Bertz CT molecular complexity index is 459. The molecule has 96 valence electrons. The summed E-state index contributed by atoms with van der Waals surface area (Å²) in [5.41, 5.74) is 7.69. The molecule has 1 aromatic carbocycles. The molecule has 1 atom stereocenters. The Balaban J connectivity index is 2.26. The lowest BCUT2D eigenvalue weighted by Crippen LogP contribution is -2.43. The number of benzene rings is 1. The SMILES string of the molecule is CC1(C)C(CCN)CCN1c1cccc(C#N)c1. The van der Waals surface area contributed by atoms with Crippen molar-refractivity contribution in [3.8, 4) is 6.07 Å². The van der Waals surface area contributed by atoms with Crippen molar-refractivity contribution in [3.05, 3.63) is 29.8 Å². The molecule has 18 heavy (non-hydrogen) atoms. The maximum Gasteiger partial charge on any atom is 0.0992 e. The minimum atomic E-state index is 0.119. The first kappa shape index (κ1) is 12.9. The van der Waals surface area contributed by atoms with Gasteiger partial charge >= 0.3 is 0 Å². The van der Waals surface area contributed by atoms with E-state index in [0.29, 0.717) is 5.92 Å². The molecule has 0 aromatic heterocycles. The lowest BCUT2D eigenvalue weighted by atomic mass is 9.85. The molecule has 0 spiro atoms. The molecule has 0 amide bonds. The molecule has 1 aliphatic heterocycles. The molecule has 2 N–H and O–H groups in total. The predicted octanol–water partition coefficient (Wildman–Crippen LogP) is 2.51. The monoisotopic (exact) mass is 243 g/mol. The first-order chi connectivity index (χ1) is 8.59. The van der Waals surface area contributed by atoms with Crippen molar-refractivity contribution < 1.29 is 0 Å². The lowest BCUT2D eigenvalue weighted by Gasteiger charge is -2.38. The highest BCUT2D eigenvalue weighted by Crippen LogP contribution is 2.39. The summed E-state index contributed by atoms with van der Waals surface area (Å²) < 4.78 is 0. The fourth-order valence-corrected chi connectivity index (χ4v) is 3.05. The van der Waals surface area contributed by atoms with Gasteiger partial charge in [0.25, 0.3) is 0 Å². The number of hydrogen-bond acceptors (Lipinski definition) is 3. The Labute approximate surface area is 109 Å². The third kappa shape index (κ3) is 2.21. The van der Waals surface area contributed by atoms with Crippen LogP contribution in [0.5, 0.6) is 0 Å². The van der Waals surface area contributed by atoms with Gasteiger partial charge in [0.2, 0.25) is 0 Å². The zero-order valence-electron chi connectivity index (χ0n) is 11.2. The topological polar surface area (TPSA) is 53.0 Å². The van der Waals surface area contributed by atoms with E-state index in [9.17, 15) is 0 Å². The van der Waals surface area contributed by atoms with Crippen LogP contribution in [0, 0.1) is 17.2 Å². The Morgan fingerprint density at radius 2 is 2.28 bits per heavy atom. The molecule has 3 nitrogen and oxygen atoms in total. The van der Waals surface area contributed by atoms with Crippen molar-refractivity contribution in [1.82, 2.24) is 0 Å². The van der Waals surface area contributed by atoms with Crippen LogP contribution >= 0.6 is 0 Å². The van der Waals surface area contributed by atoms with Crippen molar-refractivity contribution >= 4 is 5.69 Å². The van der Waals surface area contributed by atoms with Crippen molar-refractivity contribution in [1.29, 1.82) is 5.26 Å². The van der Waals surface area contributed by atoms with E-state index in [4.69, 9.17) is 11.0 Å². The summed E-state index contributed by atoms with van der Waals surface area (Å²) in [6.07, 6.45) is 2.25. The van der Waals surface area contributed by atoms with Gasteiger partial charge in [-0.1, -0.05) is 6.07 Å². The van der Waals surface area contributed by atoms with Crippen LogP contribution in [-0.2, 0) is 0 Å². The van der Waals surface area contributed by atoms with Gasteiger partial charge in [-0.15, -0.1) is 0 Å². The van der Waals surface area contributed by atoms with Gasteiger partial charge in [0.1, 0.15) is 0 Å². The molecular formula is C15H21N3. The first-order valence-electron chi connectivity index (χ1n) is 6.57. The summed E-state index contributed by atoms with van der Waals surface area (Å²) in [4.78, 5) is 2.41. The summed E-state index contributed by atoms with van der Waals surface area (Å²) in [7, 11) is 0. The normalized spacial score (nSPS) is 21.9. The van der Waals surface area contributed by atoms with Crippen molar-refractivity contribution in [2.24, 2.45) is 11.7 Å². The number of nitrogens with two attached hydrogens (primary N) is 1. The van der Waals surface area contributed by atoms with Gasteiger partial charge in [-0.3, -0.25) is 0 Å². The van der Waals surface area contributed by atoms with Crippen LogP contribution in [0.25, 0.3) is 0 Å². The van der Waals surface area contributed by atoms with Crippen LogP contribution in [-0.4, -0.2) is 18.6 Å². The standard InChI is InChI=1S/C15H21N3/c1-15(2)13(6-8-16)7-9-18(15)14-5-3-4-12(10-14)11-17/h3-5,10,13H,6-9,16H2,1-2H3. The molecular weight excluding hydrogens is 222 g/mol. The Kier molecular flexibility index (Phi) is 3.58. The molecule has 0 bridgehead atoms. The lowest BCUT2D eigenvalue weighted by molar-refractivity contribution is 0.349. The number of anilines is 1. The average molecular weight is 243 g/mol. The zero-order valence-corrected chi connectivity index (χ0v) is 11.2. The van der Waals surface area contributed by atoms with Gasteiger partial charge in [0, 0.05) is 17.8 Å². The molecule has 0 radical (unpaired) electrons. The molecule has 1 aliphatic rings. The van der Waals surface area contributed by atoms with Crippen LogP contribution in [0.3, 0.4) is 0 Å². The zero-order chi connectivity index (χ0) is 13.2. The van der Waals surface area contributed by atoms with Crippen LogP contribution in [0.2, 0.25) is 0 Å². The summed E-state index contributed by atoms with van der Waals surface area (Å²) in [5.74, 6) is 0.633. The summed E-state index contributed by atoms with van der Waals surface area (Å²) in [6.45, 7) is 6.35. The van der Waals surface area contributed by atoms with E-state index >= 15 is 0 Å². The van der Waals surface area contributed by atoms with Crippen molar-refractivity contribution in [2.75, 3.05) is 18.0 Å². The van der Waals surface area contributed by atoms with Gasteiger partial charge in [-0.25, -0.2) is 0 Å². The van der Waals surface area contributed by atoms with E-state index in [1.807, 2.05) is 18.2 Å². The van der Waals surface area contributed by atoms with Gasteiger partial charge < -0.3 is 10.6 Å². The molecule has 2 rings (SSSR count). The van der Waals surface area contributed by atoms with Crippen LogP contribution < -0.4 is 10.6 Å². The van der Waals surface area contributed by atoms with E-state index in [2.05, 4.69) is 30.9 Å². The minimum absolute atomic E-state index is 0.119. The van der Waals surface area contributed by atoms with E-state index < -0.39 is 0 Å². The second kappa shape index (κ2) is 4.99. The Hall–Kier alpha value is -1.53. The van der Waals surface area contributed by atoms with Gasteiger partial charge in [-0.2, -0.15) is 5.26 Å². The highest BCUT2D eigenvalue weighted by Gasteiger charge is 2.40. The second-order valence-electron chi connectivity index (χ2n) is 5.53. The van der Waals surface area contributed by atoms with Gasteiger partial charge in [0.15, 0.2) is 0 Å². The molecule has 1 saturated heterocycles. The number of hydrogen-bond donors (Lipinski definition) is 1. The molecule has 0 saturated carbocycles. The first-order valence-corrected chi connectivity index (χ1v) is 6.57. The van der Waals surface area contributed by atoms with Gasteiger partial charge in [0.05, 0.1) is 11.6 Å². The molecule has 3 heteroatoms. The van der Waals surface area contributed by atoms with Crippen molar-refractivity contribution in [3.63, 3.8) is 0 Å². The van der Waals surface area contributed by atoms with E-state index in [-0.39, 0.29) is 5.54 Å². The largest absolute Gasteiger partial charge is 0.366 e. The van der Waals surface area contributed by atoms with Crippen LogP contribution in [0.4, 0.5) is 5.69 Å². The van der Waals surface area contributed by atoms with Gasteiger partial charge in [-0.05, 0) is 57.4 Å². The number of nitriles is 1. The van der Waals surface area contributed by atoms with E-state index in [1.54, 1.807) is 0 Å². The minimum Gasteiger partial charge on any atom is -0.366 e. The fraction of sp³-hybridized carbons (Fsp3) is 0.533. The summed E-state index contributed by atoms with van der Waals surface area (Å²) in [6, 6.07) is 10.1. The average Bonchev–Trinajstić information content (AvgIpc) is 2.66. The maximum absolute atomic E-state index is 8.99. The highest BCUT2D eigenvalue weighted by atomic mass is 15.2. The second-order valence-corrected chi connectivity index (χ2v) is 5.53. The quantitative estimate of drug-likeness (QED) is 0.887. The van der Waals surface area contributed by atoms with Crippen LogP contribution in [0.15, 0.2) is 24.3 Å². The number of rotatable bonds is 3. The summed E-state index contributed by atoms with van der Waals surface area (Å²) >= 11 is 0. The fourth-order valence-electron chi connectivity index (χ4n) is 3.05. The van der Waals surface area contributed by atoms with E-state index in [1.165, 1.54) is 6.42 Å². The highest BCUT2D eigenvalue weighted by molar-refractivity contribution is 5.54.